The topological polar surface area (TPSA) is 99.1 Å². The van der Waals surface area contributed by atoms with E-state index in [0.717, 1.165) is 10.5 Å². The number of ether oxygens (including phenoxy) is 1. The lowest BCUT2D eigenvalue weighted by Gasteiger charge is -2.22. The van der Waals surface area contributed by atoms with Gasteiger partial charge in [0.15, 0.2) is 0 Å². The number of carboxylic acids is 1. The van der Waals surface area contributed by atoms with Crippen LogP contribution >= 0.6 is 0 Å². The second-order valence-electron chi connectivity index (χ2n) is 5.03. The van der Waals surface area contributed by atoms with Gasteiger partial charge < -0.3 is 25.2 Å². The number of hydrogen-bond acceptors (Lipinski definition) is 4. The molecule has 0 unspecified atom stereocenters. The minimum atomic E-state index is -1.13. The summed E-state index contributed by atoms with van der Waals surface area (Å²) in [6, 6.07) is 3.71. The first-order chi connectivity index (χ1) is 9.92. The zero-order valence-electron chi connectivity index (χ0n) is 11.9. The molecule has 0 aliphatic carbocycles. The van der Waals surface area contributed by atoms with Crippen LogP contribution in [-0.2, 0) is 4.79 Å². The van der Waals surface area contributed by atoms with Gasteiger partial charge in [-0.25, -0.2) is 9.59 Å². The minimum Gasteiger partial charge on any atom is -0.495 e. The van der Waals surface area contributed by atoms with Crippen molar-refractivity contribution < 1.29 is 24.5 Å². The van der Waals surface area contributed by atoms with E-state index in [0.29, 0.717) is 11.4 Å². The maximum Gasteiger partial charge on any atom is 0.326 e. The van der Waals surface area contributed by atoms with Crippen LogP contribution in [0.4, 0.5) is 10.5 Å². The van der Waals surface area contributed by atoms with Gasteiger partial charge in [0.05, 0.1) is 18.9 Å². The molecule has 1 fully saturated rings. The van der Waals surface area contributed by atoms with Gasteiger partial charge in [0, 0.05) is 13.0 Å². The number of methoxy groups -OCH3 is 1. The van der Waals surface area contributed by atoms with Gasteiger partial charge in [-0.2, -0.15) is 0 Å². The van der Waals surface area contributed by atoms with Crippen LogP contribution in [0.25, 0.3) is 0 Å². The predicted molar refractivity (Wildman–Crippen MR) is 75.5 cm³/mol. The van der Waals surface area contributed by atoms with Crippen LogP contribution in [0.1, 0.15) is 12.0 Å². The summed E-state index contributed by atoms with van der Waals surface area (Å²) < 4.78 is 5.16. The van der Waals surface area contributed by atoms with Crippen LogP contribution in [0.3, 0.4) is 0 Å². The van der Waals surface area contributed by atoms with E-state index in [4.69, 9.17) is 9.84 Å². The number of rotatable bonds is 3. The minimum absolute atomic E-state index is 0.00304. The third-order valence-electron chi connectivity index (χ3n) is 3.42. The number of hydrogen-bond donors (Lipinski definition) is 3. The van der Waals surface area contributed by atoms with Crippen molar-refractivity contribution in [1.29, 1.82) is 0 Å². The van der Waals surface area contributed by atoms with Crippen molar-refractivity contribution in [3.8, 4) is 5.75 Å². The van der Waals surface area contributed by atoms with E-state index in [-0.39, 0.29) is 13.0 Å². The van der Waals surface area contributed by atoms with E-state index in [2.05, 4.69) is 5.32 Å². The largest absolute Gasteiger partial charge is 0.495 e. The molecule has 2 atom stereocenters. The van der Waals surface area contributed by atoms with Gasteiger partial charge in [-0.3, -0.25) is 0 Å². The molecule has 1 saturated heterocycles. The molecule has 2 amide bonds. The quantitative estimate of drug-likeness (QED) is 0.774. The molecule has 1 heterocycles. The van der Waals surface area contributed by atoms with Gasteiger partial charge in [0.25, 0.3) is 0 Å². The SMILES string of the molecule is COc1ccc(C)cc1NC(=O)N1C[C@H](O)C[C@H]1C(=O)O. The van der Waals surface area contributed by atoms with Gasteiger partial charge in [-0.15, -0.1) is 0 Å². The lowest BCUT2D eigenvalue weighted by Crippen LogP contribution is -2.43. The molecule has 1 aliphatic heterocycles. The first kappa shape index (κ1) is 15.1. The summed E-state index contributed by atoms with van der Waals surface area (Å²) in [6.45, 7) is 1.87. The standard InChI is InChI=1S/C14H18N2O5/c1-8-3-4-12(21-2)10(5-8)15-14(20)16-7-9(17)6-11(16)13(18)19/h3-5,9,11,17H,6-7H2,1-2H3,(H,15,20)(H,18,19)/t9-,11+/m1/s1. The molecule has 7 heteroatoms. The molecule has 3 N–H and O–H groups in total. The van der Waals surface area contributed by atoms with Crippen molar-refractivity contribution in [2.75, 3.05) is 19.0 Å². The number of anilines is 1. The monoisotopic (exact) mass is 294 g/mol. The molecule has 1 aliphatic rings. The molecular formula is C14H18N2O5. The summed E-state index contributed by atoms with van der Waals surface area (Å²) in [5.74, 6) is -0.640. The fraction of sp³-hybridized carbons (Fsp3) is 0.429. The number of benzene rings is 1. The van der Waals surface area contributed by atoms with E-state index >= 15 is 0 Å². The Morgan fingerprint density at radius 3 is 2.76 bits per heavy atom. The van der Waals surface area contributed by atoms with Gasteiger partial charge in [-0.05, 0) is 24.6 Å². The Hall–Kier alpha value is -2.28. The second kappa shape index (κ2) is 6.01. The number of aliphatic carboxylic acids is 1. The van der Waals surface area contributed by atoms with Crippen LogP contribution in [-0.4, -0.2) is 52.9 Å². The Balaban J connectivity index is 2.18. The highest BCUT2D eigenvalue weighted by Gasteiger charge is 2.39. The predicted octanol–water partition coefficient (Wildman–Crippen LogP) is 1.06. The Bertz CT molecular complexity index is 560. The molecule has 114 valence electrons. The lowest BCUT2D eigenvalue weighted by atomic mass is 10.2. The second-order valence-corrected chi connectivity index (χ2v) is 5.03. The summed E-state index contributed by atoms with van der Waals surface area (Å²) in [5, 5.41) is 21.3. The Kier molecular flexibility index (Phi) is 4.32. The van der Waals surface area contributed by atoms with E-state index in [9.17, 15) is 14.7 Å². The van der Waals surface area contributed by atoms with Crippen LogP contribution in [0, 0.1) is 6.92 Å². The average Bonchev–Trinajstić information content (AvgIpc) is 2.81. The third-order valence-corrected chi connectivity index (χ3v) is 3.42. The summed E-state index contributed by atoms with van der Waals surface area (Å²) in [7, 11) is 1.49. The van der Waals surface area contributed by atoms with Crippen molar-refractivity contribution in [3.05, 3.63) is 23.8 Å². The fourth-order valence-electron chi connectivity index (χ4n) is 2.38. The summed E-state index contributed by atoms with van der Waals surface area (Å²) >= 11 is 0. The van der Waals surface area contributed by atoms with Gasteiger partial charge in [0.2, 0.25) is 0 Å². The normalized spacial score (nSPS) is 21.2. The van der Waals surface area contributed by atoms with Crippen molar-refractivity contribution >= 4 is 17.7 Å². The van der Waals surface area contributed by atoms with Gasteiger partial charge in [-0.1, -0.05) is 6.07 Å². The number of urea groups is 1. The highest BCUT2D eigenvalue weighted by atomic mass is 16.5. The van der Waals surface area contributed by atoms with Crippen LogP contribution in [0.2, 0.25) is 0 Å². The maximum absolute atomic E-state index is 12.2. The molecule has 2 rings (SSSR count). The Morgan fingerprint density at radius 2 is 2.14 bits per heavy atom. The molecule has 0 radical (unpaired) electrons. The molecule has 0 aromatic heterocycles. The molecule has 1 aromatic rings. The highest BCUT2D eigenvalue weighted by Crippen LogP contribution is 2.27. The maximum atomic E-state index is 12.2. The molecule has 21 heavy (non-hydrogen) atoms. The zero-order valence-corrected chi connectivity index (χ0v) is 11.9. The smallest absolute Gasteiger partial charge is 0.326 e. The average molecular weight is 294 g/mol. The molecule has 0 bridgehead atoms. The first-order valence-electron chi connectivity index (χ1n) is 6.55. The molecule has 1 aromatic carbocycles. The summed E-state index contributed by atoms with van der Waals surface area (Å²) in [4.78, 5) is 24.5. The molecule has 0 spiro atoms. The number of nitrogens with one attached hydrogen (secondary N) is 1. The first-order valence-corrected chi connectivity index (χ1v) is 6.55. The molecule has 7 nitrogen and oxygen atoms in total. The van der Waals surface area contributed by atoms with Crippen molar-refractivity contribution in [2.45, 2.75) is 25.5 Å². The molecular weight excluding hydrogens is 276 g/mol. The van der Waals surface area contributed by atoms with Gasteiger partial charge in [0.1, 0.15) is 11.8 Å². The van der Waals surface area contributed by atoms with Gasteiger partial charge >= 0.3 is 12.0 Å². The van der Waals surface area contributed by atoms with Crippen molar-refractivity contribution in [2.24, 2.45) is 0 Å². The summed E-state index contributed by atoms with van der Waals surface area (Å²) in [5.41, 5.74) is 1.40. The third kappa shape index (κ3) is 3.25. The van der Waals surface area contributed by atoms with Crippen molar-refractivity contribution in [3.63, 3.8) is 0 Å². The number of nitrogens with zero attached hydrogens (tertiary/aromatic N) is 1. The lowest BCUT2D eigenvalue weighted by molar-refractivity contribution is -0.141. The number of aliphatic hydroxyl groups excluding tert-OH is 1. The summed E-state index contributed by atoms with van der Waals surface area (Å²) in [6.07, 6.45) is -0.787. The number of β-amino-alcohol motifs (C(OH)–C–C–N with tert-alkyl or cyclic N) is 1. The van der Waals surface area contributed by atoms with E-state index in [1.165, 1.54) is 7.11 Å². The Labute approximate surface area is 122 Å². The van der Waals surface area contributed by atoms with E-state index in [1.54, 1.807) is 12.1 Å². The van der Waals surface area contributed by atoms with Crippen LogP contribution in [0.5, 0.6) is 5.75 Å². The number of carboxylic acid groups (broad SMARTS) is 1. The van der Waals surface area contributed by atoms with Crippen LogP contribution < -0.4 is 10.1 Å². The van der Waals surface area contributed by atoms with Crippen molar-refractivity contribution in [1.82, 2.24) is 4.90 Å². The Morgan fingerprint density at radius 1 is 1.43 bits per heavy atom. The van der Waals surface area contributed by atoms with E-state index in [1.807, 2.05) is 13.0 Å². The highest BCUT2D eigenvalue weighted by molar-refractivity contribution is 5.94. The molecule has 0 saturated carbocycles. The number of carbonyl (C=O) groups excluding carboxylic acids is 1. The number of aryl methyl sites for hydroxylation is 1. The van der Waals surface area contributed by atoms with E-state index < -0.39 is 24.1 Å². The number of carbonyl (C=O) groups is 2. The van der Waals surface area contributed by atoms with Crippen LogP contribution in [0.15, 0.2) is 18.2 Å². The number of amides is 2. The number of likely N-dealkylation sites (tertiary alicyclic amines) is 1. The fourth-order valence-corrected chi connectivity index (χ4v) is 2.38. The zero-order chi connectivity index (χ0) is 15.6. The number of aliphatic hydroxyl groups is 1.